The first kappa shape index (κ1) is 11.9. The van der Waals surface area contributed by atoms with Gasteiger partial charge in [0.15, 0.2) is 0 Å². The third-order valence-corrected chi connectivity index (χ3v) is 1.71. The van der Waals surface area contributed by atoms with Crippen LogP contribution in [-0.4, -0.2) is 26.6 Å². The van der Waals surface area contributed by atoms with Gasteiger partial charge in [0.1, 0.15) is 0 Å². The fourth-order valence-electron chi connectivity index (χ4n) is 0.346. The zero-order chi connectivity index (χ0) is 9.72. The predicted molar refractivity (Wildman–Crippen MR) is 35.9 cm³/mol. The molecule has 2 N–H and O–H groups in total. The summed E-state index contributed by atoms with van der Waals surface area (Å²) in [5, 5.41) is 16.1. The van der Waals surface area contributed by atoms with E-state index < -0.39 is 17.5 Å². The van der Waals surface area contributed by atoms with Gasteiger partial charge in [-0.3, -0.25) is 0 Å². The van der Waals surface area contributed by atoms with Crippen LogP contribution >= 0.6 is 0 Å². The van der Waals surface area contributed by atoms with E-state index in [9.17, 15) is 4.79 Å². The Balaban J connectivity index is 4.60. The number of rotatable bonds is 3. The molecule has 7 heteroatoms. The first-order valence-corrected chi connectivity index (χ1v) is 5.51. The van der Waals surface area contributed by atoms with E-state index in [0.29, 0.717) is 23.7 Å². The number of amides is 1. The summed E-state index contributed by atoms with van der Waals surface area (Å²) in [6.07, 6.45) is 0. The number of nitrogens with one attached hydrogen (secondary N) is 1. The molecule has 0 fully saturated rings. The van der Waals surface area contributed by atoms with Crippen LogP contribution in [0.25, 0.3) is 0 Å². The summed E-state index contributed by atoms with van der Waals surface area (Å²) in [5.74, 6) is -1.29. The monoisotopic (exact) mass is 507 g/mol. The van der Waals surface area contributed by atoms with Gasteiger partial charge < -0.3 is 0 Å². The molecule has 0 radical (unpaired) electrons. The summed E-state index contributed by atoms with van der Waals surface area (Å²) in [4.78, 5) is 14.3. The number of hydrogen-bond acceptors (Lipinski definition) is 3. The van der Waals surface area contributed by atoms with Gasteiger partial charge in [-0.2, -0.15) is 0 Å². The second-order valence-corrected chi connectivity index (χ2v) is 4.50. The fourth-order valence-corrected chi connectivity index (χ4v) is 0.985. The van der Waals surface area contributed by atoms with Gasteiger partial charge in [0, 0.05) is 0 Å². The summed E-state index contributed by atoms with van der Waals surface area (Å²) in [7, 11) is 0. The van der Waals surface area contributed by atoms with E-state index in [1.165, 1.54) is 0 Å². The molecular formula is C5H5N3O2W2. The molecule has 0 spiro atoms. The summed E-state index contributed by atoms with van der Waals surface area (Å²) in [5.41, 5.74) is -0.550. The molecule has 0 bridgehead atoms. The van der Waals surface area contributed by atoms with Gasteiger partial charge in [-0.15, -0.1) is 0 Å². The average Bonchev–Trinajstić information content (AvgIpc) is 2.00. The maximum absolute atomic E-state index is 10.7. The van der Waals surface area contributed by atoms with Gasteiger partial charge >= 0.3 is 91.2 Å². The number of aliphatic imine (C=N–C) groups is 1. The fraction of sp³-hybridized carbons (Fsp3) is 0.200. The van der Waals surface area contributed by atoms with Crippen LogP contribution in [-0.2, 0) is 43.8 Å². The van der Waals surface area contributed by atoms with Crippen molar-refractivity contribution in [3.8, 4) is 0 Å². The van der Waals surface area contributed by atoms with Crippen LogP contribution in [0.5, 0.6) is 0 Å². The van der Waals surface area contributed by atoms with Gasteiger partial charge in [-0.1, -0.05) is 0 Å². The standard InChI is InChI=1S/C5H5N3O2.2W/c1-2-8-5(10)3(6)4(7)9;;/h6,10H,1H3;;. The Morgan fingerprint density at radius 1 is 1.58 bits per heavy atom. The van der Waals surface area contributed by atoms with Gasteiger partial charge in [0.2, 0.25) is 0 Å². The van der Waals surface area contributed by atoms with Crippen molar-refractivity contribution in [2.24, 2.45) is 8.49 Å². The minimum atomic E-state index is -0.734. The van der Waals surface area contributed by atoms with Gasteiger partial charge in [-0.25, -0.2) is 0 Å². The molecule has 64 valence electrons. The van der Waals surface area contributed by atoms with Crippen LogP contribution in [0.15, 0.2) is 8.49 Å². The van der Waals surface area contributed by atoms with E-state index in [1.54, 1.807) is 6.92 Å². The molecule has 0 aliphatic rings. The molecule has 1 amide bonds. The van der Waals surface area contributed by atoms with E-state index in [1.807, 2.05) is 0 Å². The van der Waals surface area contributed by atoms with Crippen molar-refractivity contribution in [2.45, 2.75) is 6.92 Å². The van der Waals surface area contributed by atoms with Crippen LogP contribution in [0.1, 0.15) is 6.92 Å². The molecule has 0 heterocycles. The number of aliphatic hydroxyl groups is 1. The van der Waals surface area contributed by atoms with Crippen molar-refractivity contribution in [1.82, 2.24) is 0 Å². The van der Waals surface area contributed by atoms with E-state index in [2.05, 4.69) is 8.49 Å². The molecule has 0 aromatic rings. The zero-order valence-corrected chi connectivity index (χ0v) is 11.9. The van der Waals surface area contributed by atoms with Crippen molar-refractivity contribution >= 4 is 21.5 Å². The van der Waals surface area contributed by atoms with Crippen molar-refractivity contribution in [2.75, 3.05) is 0 Å². The molecule has 0 aliphatic carbocycles. The quantitative estimate of drug-likeness (QED) is 0.414. The number of aliphatic hydroxyl groups excluding tert-OH is 1. The van der Waals surface area contributed by atoms with Crippen LogP contribution in [0, 0.1) is 5.41 Å². The number of nitrogens with zero attached hydrogens (tertiary/aromatic N) is 2. The Hall–Kier alpha value is -0.143. The average molecular weight is 507 g/mol. The third kappa shape index (κ3) is 4.03. The van der Waals surface area contributed by atoms with Crippen LogP contribution in [0.2, 0.25) is 0 Å². The summed E-state index contributed by atoms with van der Waals surface area (Å²) in [6.45, 7) is 1.69. The first-order chi connectivity index (χ1) is 5.49. The third-order valence-electron chi connectivity index (χ3n) is 0.784. The molecule has 0 aromatic heterocycles. The molecular weight excluding hydrogens is 502 g/mol. The SMILES string of the molecule is C[C](=[W])N=C(O)C(=N)C(=O)[N]=[W]. The molecule has 0 aromatic carbocycles. The predicted octanol–water partition coefficient (Wildman–Crippen LogP) is -0.0837. The van der Waals surface area contributed by atoms with Crippen LogP contribution < -0.4 is 0 Å². The Labute approximate surface area is 90.9 Å². The zero-order valence-electron chi connectivity index (χ0n) is 6.07. The Morgan fingerprint density at radius 3 is 2.42 bits per heavy atom. The molecule has 0 rings (SSSR count). The van der Waals surface area contributed by atoms with Gasteiger partial charge in [-0.05, 0) is 0 Å². The van der Waals surface area contributed by atoms with E-state index in [0.717, 1.165) is 19.4 Å². The molecule has 5 nitrogen and oxygen atoms in total. The molecule has 0 saturated heterocycles. The maximum atomic E-state index is 10.7. The van der Waals surface area contributed by atoms with Crippen molar-refractivity contribution in [3.63, 3.8) is 0 Å². The van der Waals surface area contributed by atoms with E-state index in [4.69, 9.17) is 10.5 Å². The van der Waals surface area contributed by atoms with Crippen molar-refractivity contribution in [3.05, 3.63) is 0 Å². The summed E-state index contributed by atoms with van der Waals surface area (Å²) in [6, 6.07) is 0. The van der Waals surface area contributed by atoms with Crippen LogP contribution in [0.4, 0.5) is 0 Å². The number of hydrogen-bond donors (Lipinski definition) is 2. The topological polar surface area (TPSA) is 85.9 Å². The minimum absolute atomic E-state index is 0.550. The van der Waals surface area contributed by atoms with Crippen molar-refractivity contribution in [1.29, 1.82) is 5.41 Å². The second kappa shape index (κ2) is 5.49. The summed E-state index contributed by atoms with van der Waals surface area (Å²) < 4.78 is 3.95. The van der Waals surface area contributed by atoms with Crippen LogP contribution in [0.3, 0.4) is 0 Å². The molecule has 0 atom stereocenters. The number of carbonyl (C=O) groups excluding carboxylic acids is 1. The van der Waals surface area contributed by atoms with Gasteiger partial charge in [0.05, 0.1) is 0 Å². The molecule has 0 aliphatic heterocycles. The van der Waals surface area contributed by atoms with E-state index >= 15 is 0 Å². The van der Waals surface area contributed by atoms with Crippen molar-refractivity contribution < 1.29 is 48.9 Å². The van der Waals surface area contributed by atoms with E-state index in [-0.39, 0.29) is 0 Å². The Kier molecular flexibility index (Phi) is 5.43. The van der Waals surface area contributed by atoms with Gasteiger partial charge in [0.25, 0.3) is 0 Å². The first-order valence-electron chi connectivity index (χ1n) is 2.74. The summed E-state index contributed by atoms with van der Waals surface area (Å²) >= 11 is 1.78. The Bertz CT molecular complexity index is 284. The molecule has 0 saturated carbocycles. The molecule has 12 heavy (non-hydrogen) atoms. The second-order valence-electron chi connectivity index (χ2n) is 1.73. The normalized spacial score (nSPS) is 10.6. The number of carbonyl (C=O) groups is 1. The molecule has 0 unspecified atom stereocenters. The Morgan fingerprint density at radius 2 is 2.08 bits per heavy atom.